The molecular weight excluding hydrogens is 518 g/mol. The fraction of sp³-hybridized carbons (Fsp3) is 0.320. The summed E-state index contributed by atoms with van der Waals surface area (Å²) in [6.07, 6.45) is 1.81. The molecule has 0 radical (unpaired) electrons. The fourth-order valence-corrected chi connectivity index (χ4v) is 4.92. The molecule has 3 rings (SSSR count). The highest BCUT2D eigenvalue weighted by Crippen LogP contribution is 2.39. The van der Waals surface area contributed by atoms with Gasteiger partial charge >= 0.3 is 0 Å². The van der Waals surface area contributed by atoms with E-state index in [0.29, 0.717) is 51.4 Å². The Hall–Kier alpha value is -2.78. The number of carbonyl (C=O) groups excluding carboxylic acids is 2. The average molecular weight is 546 g/mol. The summed E-state index contributed by atoms with van der Waals surface area (Å²) < 4.78 is 12.2. The van der Waals surface area contributed by atoms with Crippen LogP contribution in [-0.2, 0) is 9.59 Å². The first-order valence-corrected chi connectivity index (χ1v) is 12.7. The second kappa shape index (κ2) is 12.1. The van der Waals surface area contributed by atoms with Gasteiger partial charge in [-0.2, -0.15) is 0 Å². The molecule has 7 nitrogen and oxygen atoms in total. The Kier molecular flexibility index (Phi) is 9.18. The summed E-state index contributed by atoms with van der Waals surface area (Å²) in [6, 6.07) is 11.2. The molecule has 2 aromatic rings. The Balaban J connectivity index is 1.78. The Bertz CT molecular complexity index is 1120. The predicted octanol–water partition coefficient (Wildman–Crippen LogP) is 5.49. The van der Waals surface area contributed by atoms with Crippen LogP contribution in [0.3, 0.4) is 0 Å². The highest BCUT2D eigenvalue weighted by atomic mass is 79.9. The van der Waals surface area contributed by atoms with Crippen molar-refractivity contribution >= 4 is 56.4 Å². The second-order valence-corrected chi connectivity index (χ2v) is 9.25. The van der Waals surface area contributed by atoms with Crippen LogP contribution in [0.15, 0.2) is 50.8 Å². The summed E-state index contributed by atoms with van der Waals surface area (Å²) >= 11 is 4.89. The Morgan fingerprint density at radius 3 is 2.56 bits per heavy atom. The third-order valence-electron chi connectivity index (χ3n) is 4.81. The molecule has 0 saturated carbocycles. The van der Waals surface area contributed by atoms with Gasteiger partial charge in [0.1, 0.15) is 0 Å². The van der Waals surface area contributed by atoms with E-state index in [1.807, 2.05) is 64.1 Å². The molecule has 2 amide bonds. The normalized spacial score (nSPS) is 15.8. The van der Waals surface area contributed by atoms with Crippen LogP contribution in [0, 0.1) is 6.92 Å². The third-order valence-corrected chi connectivity index (χ3v) is 6.44. The van der Waals surface area contributed by atoms with Crippen molar-refractivity contribution in [1.29, 1.82) is 0 Å². The van der Waals surface area contributed by atoms with E-state index in [2.05, 4.69) is 26.2 Å². The van der Waals surface area contributed by atoms with Crippen LogP contribution < -0.4 is 14.8 Å². The van der Waals surface area contributed by atoms with E-state index in [0.717, 1.165) is 11.1 Å². The molecule has 9 heteroatoms. The van der Waals surface area contributed by atoms with Gasteiger partial charge in [-0.25, -0.2) is 0 Å². The molecule has 1 aliphatic heterocycles. The maximum atomic E-state index is 12.8. The third kappa shape index (κ3) is 6.42. The molecule has 2 aromatic carbocycles. The van der Waals surface area contributed by atoms with Gasteiger partial charge < -0.3 is 14.8 Å². The number of thioether (sulfide) groups is 1. The first-order chi connectivity index (χ1) is 16.4. The number of likely N-dealkylation sites (N-methyl/N-ethyl adjacent to an activating group) is 1. The number of aryl methyl sites for hydroxylation is 1. The monoisotopic (exact) mass is 545 g/mol. The summed E-state index contributed by atoms with van der Waals surface area (Å²) in [6.45, 7) is 9.15. The van der Waals surface area contributed by atoms with E-state index < -0.39 is 0 Å². The van der Waals surface area contributed by atoms with Gasteiger partial charge in [-0.3, -0.25) is 19.5 Å². The quantitative estimate of drug-likeness (QED) is 0.421. The topological polar surface area (TPSA) is 80.2 Å². The zero-order valence-electron chi connectivity index (χ0n) is 19.7. The second-order valence-electron chi connectivity index (χ2n) is 7.38. The number of halogens is 1. The van der Waals surface area contributed by atoms with Crippen molar-refractivity contribution in [1.82, 2.24) is 4.90 Å². The van der Waals surface area contributed by atoms with Gasteiger partial charge in [0, 0.05) is 18.8 Å². The molecule has 0 aliphatic carbocycles. The maximum Gasteiger partial charge on any atom is 0.266 e. The van der Waals surface area contributed by atoms with Gasteiger partial charge in [-0.05, 0) is 91.3 Å². The van der Waals surface area contributed by atoms with Crippen molar-refractivity contribution in [3.05, 3.63) is 56.9 Å². The minimum absolute atomic E-state index is 0.0677. The lowest BCUT2D eigenvalue weighted by molar-refractivity contribution is -0.122. The standard InChI is InChI=1S/C25H28BrN3O4S/c1-5-27-25-29(6-2)24(31)21(34-25)14-17-12-19(26)23(20(13-17)32-7-3)33-15-22(30)28-18-10-8-16(4)9-11-18/h8-14H,5-7,15H2,1-4H3,(H,28,30)/b21-14+,27-25?. The van der Waals surface area contributed by atoms with E-state index in [9.17, 15) is 9.59 Å². The van der Waals surface area contributed by atoms with Gasteiger partial charge in [0.05, 0.1) is 16.0 Å². The molecule has 0 atom stereocenters. The molecule has 34 heavy (non-hydrogen) atoms. The SMILES string of the molecule is CCN=C1S/C(=C/c2cc(Br)c(OCC(=O)Nc3ccc(C)cc3)c(OCC)c2)C(=O)N1CC. The molecule has 0 spiro atoms. The van der Waals surface area contributed by atoms with Crippen molar-refractivity contribution < 1.29 is 19.1 Å². The van der Waals surface area contributed by atoms with Crippen LogP contribution in [0.4, 0.5) is 5.69 Å². The molecule has 1 heterocycles. The highest BCUT2D eigenvalue weighted by molar-refractivity contribution is 9.10. The van der Waals surface area contributed by atoms with Crippen LogP contribution in [-0.4, -0.2) is 48.2 Å². The lowest BCUT2D eigenvalue weighted by Gasteiger charge is -2.15. The van der Waals surface area contributed by atoms with Crippen LogP contribution in [0.5, 0.6) is 11.5 Å². The molecule has 0 bridgehead atoms. The molecule has 1 aliphatic rings. The summed E-state index contributed by atoms with van der Waals surface area (Å²) in [5.41, 5.74) is 2.59. The predicted molar refractivity (Wildman–Crippen MR) is 142 cm³/mol. The number of nitrogens with one attached hydrogen (secondary N) is 1. The molecule has 1 fully saturated rings. The number of amidine groups is 1. The number of carbonyl (C=O) groups is 2. The van der Waals surface area contributed by atoms with Gasteiger partial charge in [0.15, 0.2) is 23.3 Å². The maximum absolute atomic E-state index is 12.8. The first kappa shape index (κ1) is 25.8. The molecule has 0 aromatic heterocycles. The summed E-state index contributed by atoms with van der Waals surface area (Å²) in [5, 5.41) is 3.53. The van der Waals surface area contributed by atoms with E-state index in [1.165, 1.54) is 11.8 Å². The van der Waals surface area contributed by atoms with E-state index in [4.69, 9.17) is 9.47 Å². The molecule has 1 N–H and O–H groups in total. The van der Waals surface area contributed by atoms with Crippen molar-refractivity contribution in [3.8, 4) is 11.5 Å². The number of rotatable bonds is 9. The summed E-state index contributed by atoms with van der Waals surface area (Å²) in [7, 11) is 0. The van der Waals surface area contributed by atoms with E-state index in [-0.39, 0.29) is 18.4 Å². The van der Waals surface area contributed by atoms with E-state index in [1.54, 1.807) is 11.0 Å². The largest absolute Gasteiger partial charge is 0.490 e. The van der Waals surface area contributed by atoms with Crippen molar-refractivity contribution in [2.75, 3.05) is 31.6 Å². The molecular formula is C25H28BrN3O4S. The van der Waals surface area contributed by atoms with Crippen LogP contribution in [0.2, 0.25) is 0 Å². The number of anilines is 1. The molecule has 180 valence electrons. The average Bonchev–Trinajstić information content (AvgIpc) is 3.09. The van der Waals surface area contributed by atoms with E-state index >= 15 is 0 Å². The number of ether oxygens (including phenoxy) is 2. The number of hydrogen-bond acceptors (Lipinski definition) is 6. The summed E-state index contributed by atoms with van der Waals surface area (Å²) in [5.74, 6) is 0.565. The molecule has 0 unspecified atom stereocenters. The van der Waals surface area contributed by atoms with Crippen molar-refractivity contribution in [2.24, 2.45) is 4.99 Å². The smallest absolute Gasteiger partial charge is 0.266 e. The minimum Gasteiger partial charge on any atom is -0.490 e. The number of hydrogen-bond donors (Lipinski definition) is 1. The number of nitrogens with zero attached hydrogens (tertiary/aromatic N) is 2. The zero-order chi connectivity index (χ0) is 24.7. The lowest BCUT2D eigenvalue weighted by Crippen LogP contribution is -2.28. The fourth-order valence-electron chi connectivity index (χ4n) is 3.24. The van der Waals surface area contributed by atoms with Gasteiger partial charge in [-0.1, -0.05) is 17.7 Å². The zero-order valence-corrected chi connectivity index (χ0v) is 22.1. The Labute approximate surface area is 212 Å². The van der Waals surface area contributed by atoms with Gasteiger partial charge in [0.25, 0.3) is 11.8 Å². The Morgan fingerprint density at radius 2 is 1.91 bits per heavy atom. The number of benzene rings is 2. The number of aliphatic imine (C=N–C) groups is 1. The van der Waals surface area contributed by atoms with Crippen molar-refractivity contribution in [2.45, 2.75) is 27.7 Å². The van der Waals surface area contributed by atoms with Gasteiger partial charge in [-0.15, -0.1) is 0 Å². The van der Waals surface area contributed by atoms with Gasteiger partial charge in [0.2, 0.25) is 0 Å². The van der Waals surface area contributed by atoms with Crippen molar-refractivity contribution in [3.63, 3.8) is 0 Å². The van der Waals surface area contributed by atoms with Crippen LogP contribution in [0.1, 0.15) is 31.9 Å². The number of amides is 2. The molecule has 1 saturated heterocycles. The highest BCUT2D eigenvalue weighted by Gasteiger charge is 2.32. The van der Waals surface area contributed by atoms with Crippen LogP contribution >= 0.6 is 27.7 Å². The minimum atomic E-state index is -0.278. The first-order valence-electron chi connectivity index (χ1n) is 11.1. The lowest BCUT2D eigenvalue weighted by atomic mass is 10.2. The summed E-state index contributed by atoms with van der Waals surface area (Å²) in [4.78, 5) is 31.8. The Morgan fingerprint density at radius 1 is 1.18 bits per heavy atom. The van der Waals surface area contributed by atoms with Crippen LogP contribution in [0.25, 0.3) is 6.08 Å².